The molecule has 3 heteroatoms. The molecule has 0 saturated carbocycles. The summed E-state index contributed by atoms with van der Waals surface area (Å²) in [7, 11) is 0. The number of hydrogen-bond donors (Lipinski definition) is 2. The Balaban J connectivity index is 1.99. The smallest absolute Gasteiger partial charge is 0.224 e. The van der Waals surface area contributed by atoms with Gasteiger partial charge in [0.15, 0.2) is 0 Å². The average Bonchev–Trinajstić information content (AvgIpc) is 2.45. The zero-order valence-electron chi connectivity index (χ0n) is 11.9. The molecule has 2 rings (SSSR count). The quantitative estimate of drug-likeness (QED) is 0.862. The van der Waals surface area contributed by atoms with E-state index in [0.717, 1.165) is 17.9 Å². The van der Waals surface area contributed by atoms with Crippen LogP contribution in [0.3, 0.4) is 0 Å². The first-order valence-corrected chi connectivity index (χ1v) is 6.86. The Hall–Kier alpha value is -2.29. The first-order valence-electron chi connectivity index (χ1n) is 6.86. The largest absolute Gasteiger partial charge is 0.381 e. The molecule has 0 fully saturated rings. The SMILES string of the molecule is CCC(=O)Nc1cccc(NCc2cccc(C)c2)c1. The van der Waals surface area contributed by atoms with Crippen LogP contribution in [0, 0.1) is 6.92 Å². The van der Waals surface area contributed by atoms with E-state index in [1.807, 2.05) is 31.2 Å². The first-order chi connectivity index (χ1) is 9.67. The summed E-state index contributed by atoms with van der Waals surface area (Å²) >= 11 is 0. The van der Waals surface area contributed by atoms with Gasteiger partial charge in [-0.1, -0.05) is 42.8 Å². The Kier molecular flexibility index (Phi) is 4.77. The lowest BCUT2D eigenvalue weighted by atomic mass is 10.1. The number of nitrogens with one attached hydrogen (secondary N) is 2. The molecule has 0 aromatic heterocycles. The van der Waals surface area contributed by atoms with Gasteiger partial charge in [-0.05, 0) is 30.7 Å². The van der Waals surface area contributed by atoms with Gasteiger partial charge in [-0.3, -0.25) is 4.79 Å². The summed E-state index contributed by atoms with van der Waals surface area (Å²) in [6.07, 6.45) is 0.487. The molecule has 2 aromatic rings. The fourth-order valence-corrected chi connectivity index (χ4v) is 1.98. The highest BCUT2D eigenvalue weighted by molar-refractivity contribution is 5.90. The molecule has 2 N–H and O–H groups in total. The molecule has 1 amide bonds. The number of amides is 1. The maximum absolute atomic E-state index is 11.4. The molecule has 0 saturated heterocycles. The summed E-state index contributed by atoms with van der Waals surface area (Å²) in [6.45, 7) is 4.70. The summed E-state index contributed by atoms with van der Waals surface area (Å²) in [5.41, 5.74) is 4.33. The second-order valence-corrected chi connectivity index (χ2v) is 4.83. The molecule has 0 aliphatic heterocycles. The van der Waals surface area contributed by atoms with Gasteiger partial charge >= 0.3 is 0 Å². The average molecular weight is 268 g/mol. The Labute approximate surface area is 120 Å². The predicted octanol–water partition coefficient (Wildman–Crippen LogP) is 3.96. The van der Waals surface area contributed by atoms with E-state index >= 15 is 0 Å². The Morgan fingerprint density at radius 3 is 2.55 bits per heavy atom. The number of hydrogen-bond acceptors (Lipinski definition) is 2. The zero-order chi connectivity index (χ0) is 14.4. The van der Waals surface area contributed by atoms with Crippen molar-refractivity contribution >= 4 is 17.3 Å². The van der Waals surface area contributed by atoms with E-state index in [9.17, 15) is 4.79 Å². The third-order valence-corrected chi connectivity index (χ3v) is 3.05. The van der Waals surface area contributed by atoms with Gasteiger partial charge in [0.2, 0.25) is 5.91 Å². The standard InChI is InChI=1S/C17H20N2O/c1-3-17(20)19-16-9-5-8-15(11-16)18-12-14-7-4-6-13(2)10-14/h4-11,18H,3,12H2,1-2H3,(H,19,20). The summed E-state index contributed by atoms with van der Waals surface area (Å²) in [4.78, 5) is 11.4. The van der Waals surface area contributed by atoms with Crippen LogP contribution in [0.2, 0.25) is 0 Å². The number of carbonyl (C=O) groups is 1. The third kappa shape index (κ3) is 4.12. The highest BCUT2D eigenvalue weighted by Crippen LogP contribution is 2.16. The molecule has 0 aliphatic carbocycles. The van der Waals surface area contributed by atoms with Gasteiger partial charge in [0.25, 0.3) is 0 Å². The van der Waals surface area contributed by atoms with Crippen LogP contribution in [0.4, 0.5) is 11.4 Å². The number of rotatable bonds is 5. The highest BCUT2D eigenvalue weighted by Gasteiger charge is 2.00. The number of anilines is 2. The van der Waals surface area contributed by atoms with Crippen LogP contribution >= 0.6 is 0 Å². The molecule has 0 atom stereocenters. The van der Waals surface area contributed by atoms with Gasteiger partial charge in [0.05, 0.1) is 0 Å². The minimum atomic E-state index is 0.0286. The molecule has 3 nitrogen and oxygen atoms in total. The lowest BCUT2D eigenvalue weighted by Gasteiger charge is -2.09. The summed E-state index contributed by atoms with van der Waals surface area (Å²) in [5.74, 6) is 0.0286. The van der Waals surface area contributed by atoms with Crippen molar-refractivity contribution in [2.45, 2.75) is 26.8 Å². The van der Waals surface area contributed by atoms with E-state index in [-0.39, 0.29) is 5.91 Å². The summed E-state index contributed by atoms with van der Waals surface area (Å²) in [6, 6.07) is 16.2. The minimum absolute atomic E-state index is 0.0286. The molecule has 0 unspecified atom stereocenters. The van der Waals surface area contributed by atoms with Gasteiger partial charge in [0, 0.05) is 24.3 Å². The van der Waals surface area contributed by atoms with Gasteiger partial charge < -0.3 is 10.6 Å². The van der Waals surface area contributed by atoms with Crippen LogP contribution in [-0.4, -0.2) is 5.91 Å². The molecule has 0 heterocycles. The van der Waals surface area contributed by atoms with E-state index in [2.05, 4.69) is 41.8 Å². The van der Waals surface area contributed by atoms with E-state index in [0.29, 0.717) is 6.42 Å². The maximum Gasteiger partial charge on any atom is 0.224 e. The molecule has 104 valence electrons. The van der Waals surface area contributed by atoms with Crippen LogP contribution in [0.5, 0.6) is 0 Å². The third-order valence-electron chi connectivity index (χ3n) is 3.05. The molecule has 0 radical (unpaired) electrons. The van der Waals surface area contributed by atoms with Gasteiger partial charge in [-0.15, -0.1) is 0 Å². The van der Waals surface area contributed by atoms with Crippen molar-refractivity contribution in [1.82, 2.24) is 0 Å². The van der Waals surface area contributed by atoms with Crippen molar-refractivity contribution in [1.29, 1.82) is 0 Å². The highest BCUT2D eigenvalue weighted by atomic mass is 16.1. The van der Waals surface area contributed by atoms with Crippen molar-refractivity contribution < 1.29 is 4.79 Å². The van der Waals surface area contributed by atoms with Crippen molar-refractivity contribution in [3.63, 3.8) is 0 Å². The monoisotopic (exact) mass is 268 g/mol. The van der Waals surface area contributed by atoms with Crippen LogP contribution in [0.25, 0.3) is 0 Å². The molecule has 20 heavy (non-hydrogen) atoms. The van der Waals surface area contributed by atoms with Crippen molar-refractivity contribution in [3.05, 3.63) is 59.7 Å². The maximum atomic E-state index is 11.4. The van der Waals surface area contributed by atoms with Gasteiger partial charge in [0.1, 0.15) is 0 Å². The molecule has 0 spiro atoms. The van der Waals surface area contributed by atoms with Crippen molar-refractivity contribution in [3.8, 4) is 0 Å². The summed E-state index contributed by atoms with van der Waals surface area (Å²) in [5, 5.41) is 6.23. The first kappa shape index (κ1) is 14.1. The van der Waals surface area contributed by atoms with Crippen molar-refractivity contribution in [2.75, 3.05) is 10.6 Å². The molecule has 0 bridgehead atoms. The van der Waals surface area contributed by atoms with Crippen LogP contribution < -0.4 is 10.6 Å². The minimum Gasteiger partial charge on any atom is -0.381 e. The van der Waals surface area contributed by atoms with Crippen LogP contribution in [0.15, 0.2) is 48.5 Å². The lowest BCUT2D eigenvalue weighted by molar-refractivity contribution is -0.115. The van der Waals surface area contributed by atoms with Gasteiger partial charge in [-0.25, -0.2) is 0 Å². The second kappa shape index (κ2) is 6.75. The van der Waals surface area contributed by atoms with E-state index < -0.39 is 0 Å². The Morgan fingerprint density at radius 2 is 1.80 bits per heavy atom. The Bertz CT molecular complexity index is 593. The molecular formula is C17H20N2O. The van der Waals surface area contributed by atoms with Crippen LogP contribution in [-0.2, 0) is 11.3 Å². The second-order valence-electron chi connectivity index (χ2n) is 4.83. The zero-order valence-corrected chi connectivity index (χ0v) is 11.9. The number of benzene rings is 2. The van der Waals surface area contributed by atoms with Crippen molar-refractivity contribution in [2.24, 2.45) is 0 Å². The fraction of sp³-hybridized carbons (Fsp3) is 0.235. The fourth-order valence-electron chi connectivity index (χ4n) is 1.98. The molecular weight excluding hydrogens is 248 g/mol. The lowest BCUT2D eigenvalue weighted by Crippen LogP contribution is -2.09. The Morgan fingerprint density at radius 1 is 1.05 bits per heavy atom. The molecule has 2 aromatic carbocycles. The molecule has 0 aliphatic rings. The number of aryl methyl sites for hydroxylation is 1. The van der Waals surface area contributed by atoms with Crippen LogP contribution in [0.1, 0.15) is 24.5 Å². The van der Waals surface area contributed by atoms with Gasteiger partial charge in [-0.2, -0.15) is 0 Å². The summed E-state index contributed by atoms with van der Waals surface area (Å²) < 4.78 is 0. The normalized spacial score (nSPS) is 10.1. The number of carbonyl (C=O) groups excluding carboxylic acids is 1. The van der Waals surface area contributed by atoms with E-state index in [1.165, 1.54) is 11.1 Å². The topological polar surface area (TPSA) is 41.1 Å². The van der Waals surface area contributed by atoms with E-state index in [4.69, 9.17) is 0 Å². The van der Waals surface area contributed by atoms with E-state index in [1.54, 1.807) is 0 Å². The predicted molar refractivity (Wildman–Crippen MR) is 83.9 cm³/mol.